The maximum atomic E-state index is 12.1. The Bertz CT molecular complexity index is 994. The third-order valence-corrected chi connectivity index (χ3v) is 4.74. The Hall–Kier alpha value is -2.73. The summed E-state index contributed by atoms with van der Waals surface area (Å²) in [5.74, 6) is 1.63. The topological polar surface area (TPSA) is 68.5 Å². The van der Waals surface area contributed by atoms with Gasteiger partial charge in [-0.1, -0.05) is 43.3 Å². The van der Waals surface area contributed by atoms with Gasteiger partial charge in [0, 0.05) is 18.4 Å². The van der Waals surface area contributed by atoms with E-state index >= 15 is 0 Å². The highest BCUT2D eigenvalue weighted by molar-refractivity contribution is 6.08. The third-order valence-electron chi connectivity index (χ3n) is 4.74. The zero-order chi connectivity index (χ0) is 19.0. The summed E-state index contributed by atoms with van der Waals surface area (Å²) in [5, 5.41) is 6.16. The molecule has 6 nitrogen and oxygen atoms in total. The van der Waals surface area contributed by atoms with Crippen molar-refractivity contribution >= 4 is 16.7 Å². The minimum absolute atomic E-state index is 0.248. The van der Waals surface area contributed by atoms with Gasteiger partial charge in [0.05, 0.1) is 12.1 Å². The Morgan fingerprint density at radius 3 is 2.85 bits per heavy atom. The van der Waals surface area contributed by atoms with E-state index in [1.54, 1.807) is 0 Å². The first-order valence-electron chi connectivity index (χ1n) is 9.22. The number of benzene rings is 2. The van der Waals surface area contributed by atoms with Gasteiger partial charge in [0.1, 0.15) is 6.61 Å². The molecule has 1 aromatic heterocycles. The summed E-state index contributed by atoms with van der Waals surface area (Å²) < 4.78 is 10.6. The monoisotopic (exact) mass is 365 g/mol. The molecule has 2 heterocycles. The average Bonchev–Trinajstić information content (AvgIpc) is 3.05. The van der Waals surface area contributed by atoms with Gasteiger partial charge < -0.3 is 9.26 Å². The van der Waals surface area contributed by atoms with Crippen molar-refractivity contribution < 1.29 is 14.1 Å². The number of hydrogen-bond acceptors (Lipinski definition) is 6. The molecule has 1 aliphatic rings. The van der Waals surface area contributed by atoms with Crippen LogP contribution in [0.25, 0.3) is 10.8 Å². The number of ether oxygens (including phenoxy) is 1. The summed E-state index contributed by atoms with van der Waals surface area (Å²) in [6, 6.07) is 9.96. The molecule has 0 saturated heterocycles. The lowest BCUT2D eigenvalue weighted by atomic mass is 9.94. The van der Waals surface area contributed by atoms with Crippen LogP contribution < -0.4 is 0 Å². The summed E-state index contributed by atoms with van der Waals surface area (Å²) in [7, 11) is 2.02. The molecule has 0 atom stereocenters. The molecular formula is C21H23N3O3. The van der Waals surface area contributed by atoms with Gasteiger partial charge in [0.25, 0.3) is 0 Å². The Morgan fingerprint density at radius 2 is 2.04 bits per heavy atom. The van der Waals surface area contributed by atoms with Crippen LogP contribution in [-0.2, 0) is 30.9 Å². The zero-order valence-electron chi connectivity index (χ0n) is 15.9. The van der Waals surface area contributed by atoms with E-state index in [2.05, 4.69) is 47.1 Å². The second-order valence-electron chi connectivity index (χ2n) is 7.56. The number of cyclic esters (lactones) is 1. The zero-order valence-corrected chi connectivity index (χ0v) is 15.9. The van der Waals surface area contributed by atoms with Crippen molar-refractivity contribution in [2.75, 3.05) is 7.05 Å². The molecule has 0 bridgehead atoms. The molecule has 0 spiro atoms. The third kappa shape index (κ3) is 3.57. The molecule has 4 rings (SSSR count). The van der Waals surface area contributed by atoms with Gasteiger partial charge >= 0.3 is 5.97 Å². The van der Waals surface area contributed by atoms with E-state index in [-0.39, 0.29) is 5.97 Å². The van der Waals surface area contributed by atoms with Gasteiger partial charge in [-0.15, -0.1) is 0 Å². The summed E-state index contributed by atoms with van der Waals surface area (Å²) in [5.41, 5.74) is 2.87. The fraction of sp³-hybridized carbons (Fsp3) is 0.381. The van der Waals surface area contributed by atoms with E-state index in [0.29, 0.717) is 30.5 Å². The van der Waals surface area contributed by atoms with Crippen LogP contribution in [0.1, 0.15) is 47.0 Å². The second kappa shape index (κ2) is 7.12. The Labute approximate surface area is 158 Å². The van der Waals surface area contributed by atoms with Gasteiger partial charge in [-0.2, -0.15) is 4.98 Å². The normalized spacial score (nSPS) is 13.6. The second-order valence-corrected chi connectivity index (χ2v) is 7.56. The number of hydrogen-bond donors (Lipinski definition) is 0. The van der Waals surface area contributed by atoms with Gasteiger partial charge in [-0.05, 0) is 35.5 Å². The van der Waals surface area contributed by atoms with Crippen LogP contribution in [0.15, 0.2) is 34.9 Å². The van der Waals surface area contributed by atoms with Crippen LogP contribution in [0.3, 0.4) is 0 Å². The molecule has 0 unspecified atom stereocenters. The minimum atomic E-state index is -0.248. The van der Waals surface area contributed by atoms with Crippen LogP contribution in [-0.4, -0.2) is 28.1 Å². The molecule has 0 saturated carbocycles. The Kier molecular flexibility index (Phi) is 4.66. The van der Waals surface area contributed by atoms with E-state index in [1.807, 2.05) is 19.2 Å². The van der Waals surface area contributed by atoms with Gasteiger partial charge in [-0.3, -0.25) is 4.90 Å². The first-order chi connectivity index (χ1) is 13.0. The average molecular weight is 365 g/mol. The lowest BCUT2D eigenvalue weighted by Gasteiger charge is -2.21. The number of rotatable bonds is 6. The van der Waals surface area contributed by atoms with E-state index in [4.69, 9.17) is 9.26 Å². The molecule has 0 aliphatic carbocycles. The molecule has 6 heteroatoms. The van der Waals surface area contributed by atoms with Crippen molar-refractivity contribution in [3.63, 3.8) is 0 Å². The summed E-state index contributed by atoms with van der Waals surface area (Å²) in [4.78, 5) is 18.7. The molecule has 0 amide bonds. The van der Waals surface area contributed by atoms with Gasteiger partial charge in [-0.25, -0.2) is 4.79 Å². The van der Waals surface area contributed by atoms with E-state index < -0.39 is 0 Å². The molecular weight excluding hydrogens is 342 g/mol. The van der Waals surface area contributed by atoms with Crippen molar-refractivity contribution in [2.24, 2.45) is 5.92 Å². The highest BCUT2D eigenvalue weighted by Gasteiger charge is 2.21. The minimum Gasteiger partial charge on any atom is -0.457 e. The lowest BCUT2D eigenvalue weighted by molar-refractivity contribution is 0.0463. The summed E-state index contributed by atoms with van der Waals surface area (Å²) >= 11 is 0. The Morgan fingerprint density at radius 1 is 1.19 bits per heavy atom. The number of carbonyl (C=O) groups is 1. The maximum absolute atomic E-state index is 12.1. The number of aromatic nitrogens is 2. The maximum Gasteiger partial charge on any atom is 0.339 e. The van der Waals surface area contributed by atoms with Crippen molar-refractivity contribution in [1.82, 2.24) is 15.0 Å². The summed E-state index contributed by atoms with van der Waals surface area (Å²) in [6.45, 7) is 5.90. The number of carbonyl (C=O) groups excluding carboxylic acids is 1. The predicted molar refractivity (Wildman–Crippen MR) is 101 cm³/mol. The fourth-order valence-corrected chi connectivity index (χ4v) is 3.57. The standard InChI is InChI=1S/C21H23N3O3/c1-13(2)9-18-22-19(27-23-18)11-24(3)10-14-7-8-15-12-26-21(25)17-6-4-5-16(14)20(15)17/h4-8,13H,9-12H2,1-3H3. The van der Waals surface area contributed by atoms with Crippen LogP contribution >= 0.6 is 0 Å². The van der Waals surface area contributed by atoms with E-state index in [9.17, 15) is 4.79 Å². The first-order valence-corrected chi connectivity index (χ1v) is 9.22. The predicted octanol–water partition coefficient (Wildman–Crippen LogP) is 3.72. The Balaban J connectivity index is 1.55. The van der Waals surface area contributed by atoms with Crippen molar-refractivity contribution in [3.05, 3.63) is 58.7 Å². The van der Waals surface area contributed by atoms with Crippen LogP contribution in [0.5, 0.6) is 0 Å². The van der Waals surface area contributed by atoms with E-state index in [0.717, 1.165) is 40.7 Å². The molecule has 0 fully saturated rings. The first kappa shape index (κ1) is 17.7. The fourth-order valence-electron chi connectivity index (χ4n) is 3.57. The highest BCUT2D eigenvalue weighted by Crippen LogP contribution is 2.31. The quantitative estimate of drug-likeness (QED) is 0.620. The number of esters is 1. The van der Waals surface area contributed by atoms with Crippen LogP contribution in [0.2, 0.25) is 0 Å². The molecule has 3 aromatic rings. The molecule has 0 N–H and O–H groups in total. The summed E-state index contributed by atoms with van der Waals surface area (Å²) in [6.07, 6.45) is 0.818. The number of nitrogens with zero attached hydrogens (tertiary/aromatic N) is 3. The molecule has 27 heavy (non-hydrogen) atoms. The SMILES string of the molecule is CC(C)Cc1noc(CN(C)Cc2ccc3c4c(cccc24)C(=O)OC3)n1. The van der Waals surface area contributed by atoms with Crippen LogP contribution in [0.4, 0.5) is 0 Å². The van der Waals surface area contributed by atoms with E-state index in [1.165, 1.54) is 0 Å². The van der Waals surface area contributed by atoms with Gasteiger partial charge in [0.2, 0.25) is 5.89 Å². The van der Waals surface area contributed by atoms with Crippen molar-refractivity contribution in [2.45, 2.75) is 40.0 Å². The molecule has 140 valence electrons. The molecule has 1 aliphatic heterocycles. The van der Waals surface area contributed by atoms with Gasteiger partial charge in [0.15, 0.2) is 5.82 Å². The van der Waals surface area contributed by atoms with Crippen molar-refractivity contribution in [3.8, 4) is 0 Å². The smallest absolute Gasteiger partial charge is 0.339 e. The molecule has 2 aromatic carbocycles. The van der Waals surface area contributed by atoms with Crippen LogP contribution in [0, 0.1) is 5.92 Å². The highest BCUT2D eigenvalue weighted by atomic mass is 16.5. The lowest BCUT2D eigenvalue weighted by Crippen LogP contribution is -2.19. The largest absolute Gasteiger partial charge is 0.457 e. The van der Waals surface area contributed by atoms with Crippen molar-refractivity contribution in [1.29, 1.82) is 0 Å². The molecule has 0 radical (unpaired) electrons.